The zero-order chi connectivity index (χ0) is 35.2. The van der Waals surface area contributed by atoms with Gasteiger partial charge in [0.15, 0.2) is 0 Å². The maximum absolute atomic E-state index is 14.0. The first-order valence-corrected chi connectivity index (χ1v) is 17.5. The van der Waals surface area contributed by atoms with Crippen molar-refractivity contribution in [1.29, 1.82) is 0 Å². The number of hydrogen-bond acceptors (Lipinski definition) is 8. The normalized spacial score (nSPS) is 13.9. The Morgan fingerprint density at radius 3 is 2.33 bits per heavy atom. The zero-order valence-electron chi connectivity index (χ0n) is 27.4. The van der Waals surface area contributed by atoms with Gasteiger partial charge in [0.25, 0.3) is 0 Å². The fourth-order valence-corrected chi connectivity index (χ4v) is 7.30. The van der Waals surface area contributed by atoms with Gasteiger partial charge in [0.2, 0.25) is 21.8 Å². The van der Waals surface area contributed by atoms with Gasteiger partial charge in [-0.25, -0.2) is 13.2 Å². The molecule has 12 nitrogen and oxygen atoms in total. The van der Waals surface area contributed by atoms with Crippen molar-refractivity contribution in [2.45, 2.75) is 63.7 Å². The van der Waals surface area contributed by atoms with Crippen molar-refractivity contribution in [3.05, 3.63) is 106 Å². The number of aliphatic hydroxyl groups is 1. The van der Waals surface area contributed by atoms with Crippen molar-refractivity contribution < 1.29 is 23.4 Å². The minimum atomic E-state index is -4.13. The monoisotopic (exact) mass is 698 g/mol. The van der Waals surface area contributed by atoms with Gasteiger partial charge in [0.05, 0.1) is 40.5 Å². The lowest BCUT2D eigenvalue weighted by Crippen LogP contribution is -2.53. The van der Waals surface area contributed by atoms with Crippen molar-refractivity contribution in [2.24, 2.45) is 11.8 Å². The number of nitrogens with zero attached hydrogens (tertiary/aromatic N) is 4. The number of imidazole rings is 1. The fourth-order valence-electron chi connectivity index (χ4n) is 5.52. The minimum Gasteiger partial charge on any atom is -0.493 e. The van der Waals surface area contributed by atoms with Crippen LogP contribution in [0.25, 0.3) is 0 Å². The SMILES string of the molecule is CC(C)CN(C[C@@H](O)[C@H](Cc1ccccc1)NC(=O)[C@H](C(C)C)n1cc(O)n(Cc2cccnc2)c1=O)S(=O)(=O)c1ccc(Cl)c(N)c1. The van der Waals surface area contributed by atoms with Crippen molar-refractivity contribution in [1.82, 2.24) is 23.7 Å². The summed E-state index contributed by atoms with van der Waals surface area (Å²) in [7, 11) is -4.13. The Hall–Kier alpha value is -4.17. The Kier molecular flexibility index (Phi) is 12.1. The first kappa shape index (κ1) is 36.7. The van der Waals surface area contributed by atoms with Crippen LogP contribution in [0.2, 0.25) is 5.02 Å². The number of carbonyl (C=O) groups excluding carboxylic acids is 1. The molecule has 0 spiro atoms. The first-order valence-electron chi connectivity index (χ1n) is 15.7. The summed E-state index contributed by atoms with van der Waals surface area (Å²) in [5.41, 5.74) is 6.90. The molecule has 5 N–H and O–H groups in total. The van der Waals surface area contributed by atoms with E-state index in [1.165, 1.54) is 33.3 Å². The zero-order valence-corrected chi connectivity index (χ0v) is 29.0. The molecule has 0 aliphatic rings. The van der Waals surface area contributed by atoms with Gasteiger partial charge in [-0.15, -0.1) is 0 Å². The van der Waals surface area contributed by atoms with Gasteiger partial charge in [-0.05, 0) is 53.6 Å². The second-order valence-corrected chi connectivity index (χ2v) is 14.9. The lowest BCUT2D eigenvalue weighted by Gasteiger charge is -2.32. The third-order valence-electron chi connectivity index (χ3n) is 7.90. The maximum atomic E-state index is 14.0. The van der Waals surface area contributed by atoms with Crippen LogP contribution in [0.4, 0.5) is 5.69 Å². The standard InChI is InChI=1S/C34H43ClN6O6S/c1-22(2)18-39(48(46,47)26-12-13-27(35)28(36)16-26)20-30(42)29(15-24-9-6-5-7-10-24)38-33(44)32(23(3)4)41-21-31(43)40(34(41)45)19-25-11-8-14-37-17-25/h5-14,16-17,21-23,29-30,32,42-43H,15,18-20,36H2,1-4H3,(H,38,44)/t29-,30+,32-/m0/s1. The summed E-state index contributed by atoms with van der Waals surface area (Å²) in [6.07, 6.45) is 3.21. The molecule has 14 heteroatoms. The number of benzene rings is 2. The van der Waals surface area contributed by atoms with Gasteiger partial charge in [-0.2, -0.15) is 4.31 Å². The molecule has 0 saturated heterocycles. The summed E-state index contributed by atoms with van der Waals surface area (Å²) >= 11 is 6.04. The number of amides is 1. The Morgan fingerprint density at radius 1 is 1.04 bits per heavy atom. The molecular formula is C34H43ClN6O6S. The number of aromatic hydroxyl groups is 1. The van der Waals surface area contributed by atoms with Crippen LogP contribution in [0.15, 0.2) is 88.9 Å². The number of pyridine rings is 1. The van der Waals surface area contributed by atoms with Crippen LogP contribution in [0.1, 0.15) is 44.9 Å². The van der Waals surface area contributed by atoms with E-state index in [0.717, 1.165) is 10.1 Å². The molecule has 3 atom stereocenters. The maximum Gasteiger partial charge on any atom is 0.332 e. The topological polar surface area (TPSA) is 173 Å². The smallest absolute Gasteiger partial charge is 0.332 e. The Morgan fingerprint density at radius 2 is 1.73 bits per heavy atom. The molecule has 0 aliphatic heterocycles. The number of halogens is 1. The molecule has 0 bridgehead atoms. The van der Waals surface area contributed by atoms with Gasteiger partial charge in [-0.3, -0.25) is 18.9 Å². The third-order valence-corrected chi connectivity index (χ3v) is 10.1. The van der Waals surface area contributed by atoms with E-state index in [1.807, 2.05) is 44.2 Å². The molecule has 0 unspecified atom stereocenters. The molecule has 2 heterocycles. The van der Waals surface area contributed by atoms with E-state index < -0.39 is 45.7 Å². The van der Waals surface area contributed by atoms with E-state index in [9.17, 15) is 28.2 Å². The number of carbonyl (C=O) groups is 1. The predicted octanol–water partition coefficient (Wildman–Crippen LogP) is 3.67. The Labute approximate surface area is 285 Å². The highest BCUT2D eigenvalue weighted by Crippen LogP contribution is 2.26. The number of anilines is 1. The van der Waals surface area contributed by atoms with Crippen LogP contribution in [0, 0.1) is 11.8 Å². The summed E-state index contributed by atoms with van der Waals surface area (Å²) in [4.78, 5) is 31.5. The second-order valence-electron chi connectivity index (χ2n) is 12.6. The third kappa shape index (κ3) is 8.84. The van der Waals surface area contributed by atoms with E-state index >= 15 is 0 Å². The average Bonchev–Trinajstić information content (AvgIpc) is 3.30. The number of aromatic nitrogens is 3. The van der Waals surface area contributed by atoms with Crippen LogP contribution >= 0.6 is 11.6 Å². The number of hydrogen-bond donors (Lipinski definition) is 4. The minimum absolute atomic E-state index is 0.0483. The number of nitrogens with one attached hydrogen (secondary N) is 1. The molecule has 1 amide bonds. The average molecular weight is 699 g/mol. The van der Waals surface area contributed by atoms with Gasteiger partial charge >= 0.3 is 5.69 Å². The lowest BCUT2D eigenvalue weighted by molar-refractivity contribution is -0.127. The molecular weight excluding hydrogens is 656 g/mol. The molecule has 2 aromatic carbocycles. The first-order chi connectivity index (χ1) is 22.7. The Bertz CT molecular complexity index is 1850. The molecule has 2 aromatic heterocycles. The molecule has 258 valence electrons. The molecule has 48 heavy (non-hydrogen) atoms. The van der Waals surface area contributed by atoms with Crippen LogP contribution < -0.4 is 16.7 Å². The van der Waals surface area contributed by atoms with Crippen LogP contribution in [-0.4, -0.2) is 68.2 Å². The van der Waals surface area contributed by atoms with E-state index in [0.29, 0.717) is 5.56 Å². The van der Waals surface area contributed by atoms with E-state index in [1.54, 1.807) is 38.4 Å². The van der Waals surface area contributed by atoms with E-state index in [2.05, 4.69) is 10.3 Å². The van der Waals surface area contributed by atoms with Gasteiger partial charge in [-0.1, -0.05) is 75.7 Å². The summed E-state index contributed by atoms with van der Waals surface area (Å²) in [5.74, 6) is -1.40. The summed E-state index contributed by atoms with van der Waals surface area (Å²) in [6.45, 7) is 7.04. The van der Waals surface area contributed by atoms with Crippen molar-refractivity contribution in [2.75, 3.05) is 18.8 Å². The van der Waals surface area contributed by atoms with Gasteiger partial charge in [0.1, 0.15) is 6.04 Å². The fraction of sp³-hybridized carbons (Fsp3) is 0.382. The number of nitrogens with two attached hydrogens (primary N) is 1. The molecule has 0 saturated carbocycles. The van der Waals surface area contributed by atoms with Crippen molar-refractivity contribution in [3.8, 4) is 5.88 Å². The summed E-state index contributed by atoms with van der Waals surface area (Å²) < 4.78 is 31.1. The second kappa shape index (κ2) is 15.8. The number of aliphatic hydroxyl groups excluding tert-OH is 1. The quantitative estimate of drug-likeness (QED) is 0.136. The number of nitrogen functional groups attached to an aromatic ring is 1. The van der Waals surface area contributed by atoms with E-state index in [4.69, 9.17) is 17.3 Å². The molecule has 0 aliphatic carbocycles. The van der Waals surface area contributed by atoms with Gasteiger partial charge in [0, 0.05) is 25.5 Å². The van der Waals surface area contributed by atoms with Crippen LogP contribution in [-0.2, 0) is 27.8 Å². The van der Waals surface area contributed by atoms with Crippen LogP contribution in [0.5, 0.6) is 5.88 Å². The molecule has 0 radical (unpaired) electrons. The number of sulfonamides is 1. The largest absolute Gasteiger partial charge is 0.493 e. The highest BCUT2D eigenvalue weighted by Gasteiger charge is 2.34. The molecule has 0 fully saturated rings. The number of rotatable bonds is 15. The highest BCUT2D eigenvalue weighted by atomic mass is 35.5. The highest BCUT2D eigenvalue weighted by molar-refractivity contribution is 7.89. The van der Waals surface area contributed by atoms with Crippen molar-refractivity contribution in [3.63, 3.8) is 0 Å². The van der Waals surface area contributed by atoms with Crippen LogP contribution in [0.3, 0.4) is 0 Å². The van der Waals surface area contributed by atoms with E-state index in [-0.39, 0.29) is 53.5 Å². The molecule has 4 rings (SSSR count). The van der Waals surface area contributed by atoms with Gasteiger partial charge < -0.3 is 21.3 Å². The summed E-state index contributed by atoms with van der Waals surface area (Å²) in [5, 5.41) is 25.5. The Balaban J connectivity index is 1.66. The summed E-state index contributed by atoms with van der Waals surface area (Å²) in [6, 6.07) is 14.7. The predicted molar refractivity (Wildman–Crippen MR) is 185 cm³/mol. The molecule has 4 aromatic rings. The lowest BCUT2D eigenvalue weighted by atomic mass is 9.98. The van der Waals surface area contributed by atoms with Crippen molar-refractivity contribution >= 4 is 33.2 Å².